The second kappa shape index (κ2) is 6.28. The topological polar surface area (TPSA) is 51.0 Å². The second-order valence-corrected chi connectivity index (χ2v) is 5.64. The SMILES string of the molecule is Clc1cccc(NCc2nnc(-c3ccccc3Br)o2)c1. The molecule has 0 saturated carbocycles. The maximum absolute atomic E-state index is 5.93. The summed E-state index contributed by atoms with van der Waals surface area (Å²) in [5.41, 5.74) is 1.78. The largest absolute Gasteiger partial charge is 0.419 e. The van der Waals surface area contributed by atoms with Gasteiger partial charge in [-0.15, -0.1) is 10.2 Å². The normalized spacial score (nSPS) is 10.6. The van der Waals surface area contributed by atoms with Crippen LogP contribution in [0, 0.1) is 0 Å². The maximum atomic E-state index is 5.93. The highest BCUT2D eigenvalue weighted by Gasteiger charge is 2.10. The van der Waals surface area contributed by atoms with E-state index in [1.54, 1.807) is 0 Å². The molecule has 1 aromatic heterocycles. The van der Waals surface area contributed by atoms with E-state index in [4.69, 9.17) is 16.0 Å². The van der Waals surface area contributed by atoms with Crippen molar-refractivity contribution in [1.82, 2.24) is 10.2 Å². The van der Waals surface area contributed by atoms with Crippen molar-refractivity contribution < 1.29 is 4.42 Å². The third-order valence-corrected chi connectivity index (χ3v) is 3.77. The van der Waals surface area contributed by atoms with Crippen LogP contribution in [-0.4, -0.2) is 10.2 Å². The highest BCUT2D eigenvalue weighted by Crippen LogP contribution is 2.26. The molecule has 0 radical (unpaired) electrons. The van der Waals surface area contributed by atoms with Gasteiger partial charge in [0, 0.05) is 15.2 Å². The Morgan fingerprint density at radius 1 is 1.10 bits per heavy atom. The van der Waals surface area contributed by atoms with Gasteiger partial charge in [0.2, 0.25) is 11.8 Å². The van der Waals surface area contributed by atoms with Crippen molar-refractivity contribution in [1.29, 1.82) is 0 Å². The Labute approximate surface area is 135 Å². The number of hydrogen-bond donors (Lipinski definition) is 1. The van der Waals surface area contributed by atoms with E-state index in [1.165, 1.54) is 0 Å². The van der Waals surface area contributed by atoms with Gasteiger partial charge in [0.05, 0.1) is 12.1 Å². The van der Waals surface area contributed by atoms with Gasteiger partial charge in [-0.05, 0) is 46.3 Å². The minimum atomic E-state index is 0.442. The lowest BCUT2D eigenvalue weighted by atomic mass is 10.2. The summed E-state index contributed by atoms with van der Waals surface area (Å²) in [6, 6.07) is 15.2. The fourth-order valence-corrected chi connectivity index (χ4v) is 2.49. The maximum Gasteiger partial charge on any atom is 0.248 e. The van der Waals surface area contributed by atoms with Crippen LogP contribution in [0.1, 0.15) is 5.89 Å². The molecule has 6 heteroatoms. The molecule has 21 heavy (non-hydrogen) atoms. The van der Waals surface area contributed by atoms with Gasteiger partial charge in [0.25, 0.3) is 0 Å². The molecule has 106 valence electrons. The smallest absolute Gasteiger partial charge is 0.248 e. The third-order valence-electron chi connectivity index (χ3n) is 2.84. The van der Waals surface area contributed by atoms with Crippen LogP contribution in [0.5, 0.6) is 0 Å². The van der Waals surface area contributed by atoms with Crippen LogP contribution >= 0.6 is 27.5 Å². The Balaban J connectivity index is 1.72. The van der Waals surface area contributed by atoms with E-state index in [1.807, 2.05) is 48.5 Å². The van der Waals surface area contributed by atoms with Crippen LogP contribution in [0.2, 0.25) is 5.02 Å². The number of aromatic nitrogens is 2. The van der Waals surface area contributed by atoms with Crippen LogP contribution in [-0.2, 0) is 6.54 Å². The molecule has 4 nitrogen and oxygen atoms in total. The van der Waals surface area contributed by atoms with Gasteiger partial charge >= 0.3 is 0 Å². The molecule has 0 bridgehead atoms. The molecule has 0 saturated heterocycles. The highest BCUT2D eigenvalue weighted by atomic mass is 79.9. The van der Waals surface area contributed by atoms with Crippen molar-refractivity contribution in [3.05, 3.63) is 63.9 Å². The van der Waals surface area contributed by atoms with Gasteiger partial charge in [0.1, 0.15) is 0 Å². The molecule has 0 aliphatic carbocycles. The molecule has 0 aliphatic heterocycles. The first-order valence-corrected chi connectivity index (χ1v) is 7.46. The molecule has 0 spiro atoms. The number of nitrogens with one attached hydrogen (secondary N) is 1. The van der Waals surface area contributed by atoms with E-state index < -0.39 is 0 Å². The van der Waals surface area contributed by atoms with Crippen LogP contribution in [0.15, 0.2) is 57.4 Å². The monoisotopic (exact) mass is 363 g/mol. The van der Waals surface area contributed by atoms with E-state index in [2.05, 4.69) is 31.4 Å². The van der Waals surface area contributed by atoms with Crippen LogP contribution in [0.4, 0.5) is 5.69 Å². The van der Waals surface area contributed by atoms with Crippen molar-refractivity contribution in [2.45, 2.75) is 6.54 Å². The van der Waals surface area contributed by atoms with Gasteiger partial charge in [-0.2, -0.15) is 0 Å². The molecule has 0 fully saturated rings. The van der Waals surface area contributed by atoms with Gasteiger partial charge in [-0.25, -0.2) is 0 Å². The first-order valence-electron chi connectivity index (χ1n) is 6.29. The molecule has 1 N–H and O–H groups in total. The van der Waals surface area contributed by atoms with E-state index in [9.17, 15) is 0 Å². The summed E-state index contributed by atoms with van der Waals surface area (Å²) in [5, 5.41) is 12.0. The zero-order chi connectivity index (χ0) is 14.7. The first-order chi connectivity index (χ1) is 10.2. The van der Waals surface area contributed by atoms with Crippen LogP contribution < -0.4 is 5.32 Å². The van der Waals surface area contributed by atoms with Crippen molar-refractivity contribution in [2.24, 2.45) is 0 Å². The lowest BCUT2D eigenvalue weighted by Crippen LogP contribution is -1.99. The van der Waals surface area contributed by atoms with Crippen molar-refractivity contribution in [3.8, 4) is 11.5 Å². The Hall–Kier alpha value is -1.85. The number of hydrogen-bond acceptors (Lipinski definition) is 4. The van der Waals surface area contributed by atoms with Crippen LogP contribution in [0.25, 0.3) is 11.5 Å². The minimum Gasteiger partial charge on any atom is -0.419 e. The molecule has 0 amide bonds. The number of halogens is 2. The molecular weight excluding hydrogens is 354 g/mol. The van der Waals surface area contributed by atoms with E-state index in [0.29, 0.717) is 23.3 Å². The quantitative estimate of drug-likeness (QED) is 0.725. The lowest BCUT2D eigenvalue weighted by molar-refractivity contribution is 0.515. The summed E-state index contributed by atoms with van der Waals surface area (Å²) >= 11 is 9.40. The van der Waals surface area contributed by atoms with Crippen LogP contribution in [0.3, 0.4) is 0 Å². The molecule has 2 aromatic carbocycles. The Morgan fingerprint density at radius 3 is 2.76 bits per heavy atom. The predicted octanol–water partition coefficient (Wildman–Crippen LogP) is 4.76. The highest BCUT2D eigenvalue weighted by molar-refractivity contribution is 9.10. The minimum absolute atomic E-state index is 0.442. The number of benzene rings is 2. The fourth-order valence-electron chi connectivity index (χ4n) is 1.84. The standard InChI is InChI=1S/C15H11BrClN3O/c16-13-7-2-1-6-12(13)15-20-19-14(21-15)9-18-11-5-3-4-10(17)8-11/h1-8,18H,9H2. The zero-order valence-electron chi connectivity index (χ0n) is 10.9. The average Bonchev–Trinajstić information content (AvgIpc) is 2.94. The van der Waals surface area contributed by atoms with Gasteiger partial charge in [-0.3, -0.25) is 0 Å². The summed E-state index contributed by atoms with van der Waals surface area (Å²) in [5.74, 6) is 1.01. The average molecular weight is 365 g/mol. The van der Waals surface area contributed by atoms with Crippen molar-refractivity contribution in [2.75, 3.05) is 5.32 Å². The summed E-state index contributed by atoms with van der Waals surface area (Å²) in [4.78, 5) is 0. The third kappa shape index (κ3) is 3.43. The molecule has 3 rings (SSSR count). The molecule has 0 unspecified atom stereocenters. The first kappa shape index (κ1) is 14.1. The summed E-state index contributed by atoms with van der Waals surface area (Å²) < 4.78 is 6.57. The molecule has 0 aliphatic rings. The number of nitrogens with zero attached hydrogens (tertiary/aromatic N) is 2. The van der Waals surface area contributed by atoms with Gasteiger partial charge in [-0.1, -0.05) is 29.8 Å². The van der Waals surface area contributed by atoms with Gasteiger partial charge in [0.15, 0.2) is 0 Å². The Bertz CT molecular complexity index is 760. The molecule has 1 heterocycles. The van der Waals surface area contributed by atoms with Crippen molar-refractivity contribution in [3.63, 3.8) is 0 Å². The fraction of sp³-hybridized carbons (Fsp3) is 0.0667. The Morgan fingerprint density at radius 2 is 1.95 bits per heavy atom. The zero-order valence-corrected chi connectivity index (χ0v) is 13.2. The molecule has 0 atom stereocenters. The van der Waals surface area contributed by atoms with E-state index in [0.717, 1.165) is 15.7 Å². The molecular formula is C15H11BrClN3O. The summed E-state index contributed by atoms with van der Waals surface area (Å²) in [6.07, 6.45) is 0. The number of rotatable bonds is 4. The second-order valence-electron chi connectivity index (χ2n) is 4.34. The number of anilines is 1. The lowest BCUT2D eigenvalue weighted by Gasteiger charge is -2.03. The van der Waals surface area contributed by atoms with E-state index >= 15 is 0 Å². The predicted molar refractivity (Wildman–Crippen MR) is 86.2 cm³/mol. The Kier molecular flexibility index (Phi) is 4.22. The molecule has 3 aromatic rings. The summed E-state index contributed by atoms with van der Waals surface area (Å²) in [6.45, 7) is 0.442. The van der Waals surface area contributed by atoms with E-state index in [-0.39, 0.29) is 0 Å². The van der Waals surface area contributed by atoms with Crippen molar-refractivity contribution >= 4 is 33.2 Å². The summed E-state index contributed by atoms with van der Waals surface area (Å²) in [7, 11) is 0. The van der Waals surface area contributed by atoms with Gasteiger partial charge < -0.3 is 9.73 Å².